The minimum atomic E-state index is -0.881. The molecule has 1 heterocycles. The van der Waals surface area contributed by atoms with E-state index >= 15 is 0 Å². The van der Waals surface area contributed by atoms with Crippen LogP contribution in [0, 0.1) is 11.6 Å². The molecule has 0 radical (unpaired) electrons. The summed E-state index contributed by atoms with van der Waals surface area (Å²) < 4.78 is 26.0. The van der Waals surface area contributed by atoms with E-state index in [0.29, 0.717) is 10.8 Å². The summed E-state index contributed by atoms with van der Waals surface area (Å²) in [5, 5.41) is 6.42. The number of piperidine rings is 1. The molecular weight excluding hydrogens is 316 g/mol. The lowest BCUT2D eigenvalue weighted by Crippen LogP contribution is -2.40. The van der Waals surface area contributed by atoms with Crippen molar-refractivity contribution in [3.05, 3.63) is 29.8 Å². The van der Waals surface area contributed by atoms with Crippen LogP contribution in [0.3, 0.4) is 0 Å². The molecule has 3 nitrogen and oxygen atoms in total. The number of thiocarbonyl (C=S) groups is 1. The third-order valence-electron chi connectivity index (χ3n) is 4.31. The zero-order valence-corrected chi connectivity index (χ0v) is 14.4. The molecule has 1 fully saturated rings. The molecule has 0 saturated carbocycles. The second-order valence-electron chi connectivity index (χ2n) is 5.96. The number of hydrogen-bond acceptors (Lipinski definition) is 2. The Morgan fingerprint density at radius 1 is 1.30 bits per heavy atom. The van der Waals surface area contributed by atoms with Crippen LogP contribution in [0.15, 0.2) is 18.2 Å². The largest absolute Gasteiger partial charge is 0.362 e. The summed E-state index contributed by atoms with van der Waals surface area (Å²) in [6, 6.07) is 4.37. The first kappa shape index (κ1) is 18.1. The van der Waals surface area contributed by atoms with Crippen LogP contribution in [0.25, 0.3) is 0 Å². The zero-order chi connectivity index (χ0) is 16.7. The number of halogens is 2. The molecule has 1 aliphatic rings. The van der Waals surface area contributed by atoms with Gasteiger partial charge in [-0.05, 0) is 56.6 Å². The van der Waals surface area contributed by atoms with Gasteiger partial charge < -0.3 is 15.5 Å². The van der Waals surface area contributed by atoms with Crippen LogP contribution in [0.5, 0.6) is 0 Å². The van der Waals surface area contributed by atoms with E-state index < -0.39 is 11.6 Å². The van der Waals surface area contributed by atoms with Crippen LogP contribution in [0.1, 0.15) is 39.0 Å². The van der Waals surface area contributed by atoms with Gasteiger partial charge >= 0.3 is 0 Å². The molecule has 0 unspecified atom stereocenters. The summed E-state index contributed by atoms with van der Waals surface area (Å²) in [5.41, 5.74) is 0.448. The van der Waals surface area contributed by atoms with Crippen LogP contribution in [-0.4, -0.2) is 35.7 Å². The first-order valence-corrected chi connectivity index (χ1v) is 8.75. The molecule has 2 rings (SSSR count). The number of hydrogen-bond donors (Lipinski definition) is 2. The predicted octanol–water partition coefficient (Wildman–Crippen LogP) is 3.91. The molecule has 1 aromatic rings. The Bertz CT molecular complexity index is 525. The molecule has 128 valence electrons. The van der Waals surface area contributed by atoms with E-state index in [9.17, 15) is 8.78 Å². The smallest absolute Gasteiger partial charge is 0.170 e. The molecule has 6 heteroatoms. The number of anilines is 1. The monoisotopic (exact) mass is 341 g/mol. The lowest BCUT2D eigenvalue weighted by molar-refractivity contribution is 0.143. The van der Waals surface area contributed by atoms with Gasteiger partial charge in [-0.25, -0.2) is 8.78 Å². The highest BCUT2D eigenvalue weighted by Gasteiger charge is 2.19. The molecule has 1 aliphatic heterocycles. The van der Waals surface area contributed by atoms with E-state index in [-0.39, 0.29) is 0 Å². The minimum absolute atomic E-state index is 0.432. The van der Waals surface area contributed by atoms with E-state index in [1.54, 1.807) is 0 Å². The van der Waals surface area contributed by atoms with Gasteiger partial charge in [-0.1, -0.05) is 13.3 Å². The van der Waals surface area contributed by atoms with Crippen molar-refractivity contribution >= 4 is 23.0 Å². The summed E-state index contributed by atoms with van der Waals surface area (Å²) in [5.74, 6) is -1.74. The first-order valence-electron chi connectivity index (χ1n) is 8.34. The average Bonchev–Trinajstić information content (AvgIpc) is 2.55. The van der Waals surface area contributed by atoms with Crippen LogP contribution >= 0.6 is 12.2 Å². The van der Waals surface area contributed by atoms with Crippen molar-refractivity contribution in [2.75, 3.05) is 25.0 Å². The molecule has 1 aromatic carbocycles. The summed E-state index contributed by atoms with van der Waals surface area (Å²) in [4.78, 5) is 2.57. The maximum absolute atomic E-state index is 13.1. The molecular formula is C17H25F2N3S. The van der Waals surface area contributed by atoms with Crippen molar-refractivity contribution < 1.29 is 8.78 Å². The Kier molecular flexibility index (Phi) is 7.17. The third kappa shape index (κ3) is 5.70. The molecule has 1 atom stereocenters. The fourth-order valence-corrected chi connectivity index (χ4v) is 3.27. The second kappa shape index (κ2) is 9.13. The van der Waals surface area contributed by atoms with Crippen molar-refractivity contribution in [3.63, 3.8) is 0 Å². The number of nitrogens with one attached hydrogen (secondary N) is 2. The number of nitrogens with zero attached hydrogens (tertiary/aromatic N) is 1. The fraction of sp³-hybridized carbons (Fsp3) is 0.588. The molecule has 0 aromatic heterocycles. The lowest BCUT2D eigenvalue weighted by Gasteiger charge is -2.35. The van der Waals surface area contributed by atoms with E-state index in [2.05, 4.69) is 22.5 Å². The number of likely N-dealkylation sites (tertiary alicyclic amines) is 1. The van der Waals surface area contributed by atoms with E-state index in [1.807, 2.05) is 0 Å². The Labute approximate surface area is 142 Å². The molecule has 23 heavy (non-hydrogen) atoms. The minimum Gasteiger partial charge on any atom is -0.362 e. The topological polar surface area (TPSA) is 27.3 Å². The highest BCUT2D eigenvalue weighted by molar-refractivity contribution is 7.80. The fourth-order valence-electron chi connectivity index (χ4n) is 3.05. The van der Waals surface area contributed by atoms with Gasteiger partial charge in [0.2, 0.25) is 0 Å². The van der Waals surface area contributed by atoms with Gasteiger partial charge in [0, 0.05) is 30.9 Å². The van der Waals surface area contributed by atoms with Gasteiger partial charge in [-0.2, -0.15) is 0 Å². The molecule has 2 N–H and O–H groups in total. The highest BCUT2D eigenvalue weighted by Crippen LogP contribution is 2.19. The van der Waals surface area contributed by atoms with Crippen LogP contribution in [-0.2, 0) is 0 Å². The van der Waals surface area contributed by atoms with Crippen molar-refractivity contribution in [2.24, 2.45) is 0 Å². The van der Waals surface area contributed by atoms with Gasteiger partial charge in [-0.15, -0.1) is 0 Å². The standard InChI is InChI=1S/C17H25F2N3S/c1-2-14-6-3-4-10-22(14)11-5-9-20-17(23)21-13-7-8-15(18)16(19)12-13/h7-8,12,14H,2-6,9-11H2,1H3,(H2,20,21,23)/t14-/m1/s1. The summed E-state index contributed by atoms with van der Waals surface area (Å²) in [6.45, 7) is 5.28. The van der Waals surface area contributed by atoms with Crippen LogP contribution in [0.2, 0.25) is 0 Å². The zero-order valence-electron chi connectivity index (χ0n) is 13.6. The lowest BCUT2D eigenvalue weighted by atomic mass is 10.00. The summed E-state index contributed by atoms with van der Waals surface area (Å²) in [7, 11) is 0. The van der Waals surface area contributed by atoms with Crippen molar-refractivity contribution in [3.8, 4) is 0 Å². The highest BCUT2D eigenvalue weighted by atomic mass is 32.1. The predicted molar refractivity (Wildman–Crippen MR) is 94.7 cm³/mol. The van der Waals surface area contributed by atoms with Gasteiger partial charge in [-0.3, -0.25) is 0 Å². The van der Waals surface area contributed by atoms with E-state index in [0.717, 1.165) is 37.7 Å². The Morgan fingerprint density at radius 2 is 2.13 bits per heavy atom. The SMILES string of the molecule is CC[C@@H]1CCCCN1CCCNC(=S)Nc1ccc(F)c(F)c1. The quantitative estimate of drug-likeness (QED) is 0.606. The van der Waals surface area contributed by atoms with E-state index in [4.69, 9.17) is 12.2 Å². The maximum Gasteiger partial charge on any atom is 0.170 e. The third-order valence-corrected chi connectivity index (χ3v) is 4.55. The van der Waals surface area contributed by atoms with Crippen molar-refractivity contribution in [2.45, 2.75) is 45.1 Å². The van der Waals surface area contributed by atoms with Gasteiger partial charge in [0.25, 0.3) is 0 Å². The van der Waals surface area contributed by atoms with Crippen molar-refractivity contribution in [1.82, 2.24) is 10.2 Å². The van der Waals surface area contributed by atoms with Gasteiger partial charge in [0.1, 0.15) is 0 Å². The molecule has 1 saturated heterocycles. The molecule has 0 amide bonds. The number of rotatable bonds is 6. The molecule has 0 bridgehead atoms. The summed E-state index contributed by atoms with van der Waals surface area (Å²) in [6.07, 6.45) is 6.16. The Hall–Kier alpha value is -1.27. The maximum atomic E-state index is 13.1. The molecule has 0 aliphatic carbocycles. The normalized spacial score (nSPS) is 18.7. The first-order chi connectivity index (χ1) is 11.1. The van der Waals surface area contributed by atoms with Crippen molar-refractivity contribution in [1.29, 1.82) is 0 Å². The van der Waals surface area contributed by atoms with Gasteiger partial charge in [0.05, 0.1) is 0 Å². The Balaban J connectivity index is 1.67. The summed E-state index contributed by atoms with van der Waals surface area (Å²) >= 11 is 5.18. The van der Waals surface area contributed by atoms with Crippen LogP contribution in [0.4, 0.5) is 14.5 Å². The second-order valence-corrected chi connectivity index (χ2v) is 6.37. The number of benzene rings is 1. The Morgan fingerprint density at radius 3 is 2.87 bits per heavy atom. The molecule has 0 spiro atoms. The van der Waals surface area contributed by atoms with Gasteiger partial charge in [0.15, 0.2) is 16.7 Å². The average molecular weight is 341 g/mol. The van der Waals surface area contributed by atoms with E-state index in [1.165, 1.54) is 38.3 Å². The van der Waals surface area contributed by atoms with Crippen LogP contribution < -0.4 is 10.6 Å².